The Morgan fingerprint density at radius 2 is 1.29 bits per heavy atom. The number of fused-ring (bicyclic) bond motifs is 7. The minimum Gasteiger partial charge on any atom is -0.457 e. The molecule has 1 aliphatic heterocycles. The molecule has 0 unspecified atom stereocenters. The average Bonchev–Trinajstić information content (AvgIpc) is 3.78. The molecule has 0 atom stereocenters. The van der Waals surface area contributed by atoms with Crippen molar-refractivity contribution in [3.63, 3.8) is 0 Å². The number of hydrogen-bond acceptors (Lipinski definition) is 4. The Bertz CT molecular complexity index is 3070. The lowest BCUT2D eigenvalue weighted by molar-refractivity contribution is 0.483. The zero-order chi connectivity index (χ0) is 37.2. The van der Waals surface area contributed by atoms with Crippen molar-refractivity contribution in [1.82, 2.24) is 19.1 Å². The SMILES string of the molecule is Cn1c(-c2cccc(Oc3ccc4c5ccc6c(c5n(-c5ccccn5)c4c3)[Si](c3ccccc3)(c3ccccc3)c3ccccc3S6)c2)nc2ccccc21. The number of nitrogens with zero attached hydrogens (tertiary/aromatic N) is 4. The summed E-state index contributed by atoms with van der Waals surface area (Å²) in [5.41, 5.74) is 5.30. The molecule has 0 fully saturated rings. The summed E-state index contributed by atoms with van der Waals surface area (Å²) in [5, 5.41) is 7.86. The summed E-state index contributed by atoms with van der Waals surface area (Å²) in [4.78, 5) is 12.6. The van der Waals surface area contributed by atoms with Gasteiger partial charge in [-0.05, 0) is 81.4 Å². The summed E-state index contributed by atoms with van der Waals surface area (Å²) < 4.78 is 11.2. The topological polar surface area (TPSA) is 44.9 Å². The Morgan fingerprint density at radius 3 is 2.07 bits per heavy atom. The van der Waals surface area contributed by atoms with Crippen LogP contribution in [0.3, 0.4) is 0 Å². The van der Waals surface area contributed by atoms with Crippen LogP contribution in [0.5, 0.6) is 11.5 Å². The van der Waals surface area contributed by atoms with Gasteiger partial charge < -0.3 is 9.30 Å². The van der Waals surface area contributed by atoms with Gasteiger partial charge in [0.25, 0.3) is 0 Å². The van der Waals surface area contributed by atoms with Crippen LogP contribution < -0.4 is 25.5 Å². The van der Waals surface area contributed by atoms with Crippen LogP contribution in [0, 0.1) is 0 Å². The molecule has 266 valence electrons. The Labute approximate surface area is 329 Å². The smallest absolute Gasteiger partial charge is 0.184 e. The van der Waals surface area contributed by atoms with E-state index in [0.717, 1.165) is 50.6 Å². The molecule has 0 N–H and O–H groups in total. The van der Waals surface area contributed by atoms with Gasteiger partial charge in [0.2, 0.25) is 0 Å². The van der Waals surface area contributed by atoms with E-state index in [2.05, 4.69) is 168 Å². The van der Waals surface area contributed by atoms with Gasteiger partial charge in [0.1, 0.15) is 23.1 Å². The van der Waals surface area contributed by atoms with Gasteiger partial charge >= 0.3 is 0 Å². The zero-order valence-electron chi connectivity index (χ0n) is 30.5. The van der Waals surface area contributed by atoms with Crippen molar-refractivity contribution in [3.05, 3.63) is 188 Å². The molecule has 0 saturated heterocycles. The fourth-order valence-corrected chi connectivity index (χ4v) is 16.0. The van der Waals surface area contributed by atoms with Crippen molar-refractivity contribution in [2.24, 2.45) is 7.05 Å². The Hall–Kier alpha value is -6.67. The second-order valence-electron chi connectivity index (χ2n) is 14.2. The normalized spacial score (nSPS) is 13.2. The quantitative estimate of drug-likeness (QED) is 0.159. The van der Waals surface area contributed by atoms with Crippen molar-refractivity contribution in [1.29, 1.82) is 0 Å². The van der Waals surface area contributed by atoms with Crippen LogP contribution >= 0.6 is 11.8 Å². The van der Waals surface area contributed by atoms with Crippen molar-refractivity contribution in [2.75, 3.05) is 0 Å². The lowest BCUT2D eigenvalue weighted by atomic mass is 10.1. The van der Waals surface area contributed by atoms with E-state index in [-0.39, 0.29) is 0 Å². The first-order valence-electron chi connectivity index (χ1n) is 18.8. The average molecular weight is 755 g/mol. The molecule has 0 aliphatic carbocycles. The van der Waals surface area contributed by atoms with Gasteiger partial charge in [0.15, 0.2) is 8.07 Å². The fourth-order valence-electron chi connectivity index (χ4n) is 8.80. The molecular formula is C49H34N4OSSi. The first kappa shape index (κ1) is 32.7. The Kier molecular flexibility index (Phi) is 7.59. The minimum atomic E-state index is -2.91. The number of aromatic nitrogens is 4. The minimum absolute atomic E-state index is 0.749. The Morgan fingerprint density at radius 1 is 0.571 bits per heavy atom. The van der Waals surface area contributed by atoms with Gasteiger partial charge in [-0.1, -0.05) is 127 Å². The van der Waals surface area contributed by atoms with Crippen molar-refractivity contribution in [2.45, 2.75) is 9.79 Å². The van der Waals surface area contributed by atoms with E-state index in [1.54, 1.807) is 0 Å². The van der Waals surface area contributed by atoms with Gasteiger partial charge in [0, 0.05) is 45.4 Å². The number of hydrogen-bond donors (Lipinski definition) is 0. The third kappa shape index (κ3) is 4.94. The van der Waals surface area contributed by atoms with Crippen LogP contribution in [0.25, 0.3) is 50.0 Å². The summed E-state index contributed by atoms with van der Waals surface area (Å²) in [6.07, 6.45) is 1.89. The summed E-state index contributed by atoms with van der Waals surface area (Å²) in [7, 11) is -0.846. The molecule has 1 aliphatic rings. The molecule has 5 nitrogen and oxygen atoms in total. The largest absolute Gasteiger partial charge is 0.457 e. The molecule has 4 heterocycles. The van der Waals surface area contributed by atoms with Gasteiger partial charge in [0.05, 0.1) is 22.1 Å². The molecule has 3 aromatic heterocycles. The predicted octanol–water partition coefficient (Wildman–Crippen LogP) is 9.37. The summed E-state index contributed by atoms with van der Waals surface area (Å²) in [5.74, 6) is 3.27. The summed E-state index contributed by atoms with van der Waals surface area (Å²) in [6, 6.07) is 65.2. The number of rotatable bonds is 6. The molecular weight excluding hydrogens is 721 g/mol. The monoisotopic (exact) mass is 754 g/mol. The molecule has 11 rings (SSSR count). The molecule has 0 amide bonds. The van der Waals surface area contributed by atoms with E-state index in [1.165, 1.54) is 41.4 Å². The molecule has 7 aromatic carbocycles. The van der Waals surface area contributed by atoms with E-state index in [4.69, 9.17) is 14.7 Å². The van der Waals surface area contributed by atoms with Gasteiger partial charge in [-0.3, -0.25) is 4.57 Å². The maximum atomic E-state index is 6.72. The standard InChI is InChI=1S/C49H34N4OSSi/c1-52-41-22-9-8-21-40(41)51-49(52)33-15-14-16-34(31-33)54-35-26-27-38-39-28-29-44-48(47(39)53(42(38)32-35)46-25-12-13-30-50-46)56(36-17-4-2-5-18-36,37-19-6-3-7-20-37)45-24-11-10-23-43(45)55-44/h2-32H,1H3. The first-order chi connectivity index (χ1) is 27.7. The molecule has 0 bridgehead atoms. The van der Waals surface area contributed by atoms with E-state index in [0.29, 0.717) is 0 Å². The first-order valence-corrected chi connectivity index (χ1v) is 21.6. The lowest BCUT2D eigenvalue weighted by Gasteiger charge is -2.40. The lowest BCUT2D eigenvalue weighted by Crippen LogP contribution is -2.76. The van der Waals surface area contributed by atoms with Crippen LogP contribution in [0.2, 0.25) is 0 Å². The molecule has 0 saturated carbocycles. The molecule has 56 heavy (non-hydrogen) atoms. The van der Waals surface area contributed by atoms with Gasteiger partial charge in [-0.2, -0.15) is 0 Å². The van der Waals surface area contributed by atoms with Gasteiger partial charge in [-0.15, -0.1) is 0 Å². The maximum Gasteiger partial charge on any atom is 0.184 e. The molecule has 7 heteroatoms. The highest BCUT2D eigenvalue weighted by atomic mass is 32.2. The number of imidazole rings is 1. The van der Waals surface area contributed by atoms with Crippen LogP contribution in [0.4, 0.5) is 0 Å². The van der Waals surface area contributed by atoms with Crippen LogP contribution in [-0.4, -0.2) is 27.2 Å². The maximum absolute atomic E-state index is 6.72. The number of para-hydroxylation sites is 2. The third-order valence-electron chi connectivity index (χ3n) is 11.2. The van der Waals surface area contributed by atoms with Gasteiger partial charge in [-0.25, -0.2) is 9.97 Å². The number of pyridine rings is 1. The second kappa shape index (κ2) is 13.0. The number of aryl methyl sites for hydroxylation is 1. The third-order valence-corrected chi connectivity index (χ3v) is 17.6. The van der Waals surface area contributed by atoms with Crippen LogP contribution in [0.1, 0.15) is 0 Å². The molecule has 10 aromatic rings. The highest BCUT2D eigenvalue weighted by molar-refractivity contribution is 8.00. The Balaban J connectivity index is 1.16. The highest BCUT2D eigenvalue weighted by Gasteiger charge is 2.48. The molecule has 0 radical (unpaired) electrons. The second-order valence-corrected chi connectivity index (χ2v) is 19.0. The van der Waals surface area contributed by atoms with E-state index in [1.807, 2.05) is 48.3 Å². The van der Waals surface area contributed by atoms with E-state index >= 15 is 0 Å². The van der Waals surface area contributed by atoms with Crippen molar-refractivity contribution in [3.8, 4) is 28.7 Å². The summed E-state index contributed by atoms with van der Waals surface area (Å²) in [6.45, 7) is 0. The van der Waals surface area contributed by atoms with E-state index in [9.17, 15) is 0 Å². The zero-order valence-corrected chi connectivity index (χ0v) is 32.3. The highest BCUT2D eigenvalue weighted by Crippen LogP contribution is 2.41. The fraction of sp³-hybridized carbons (Fsp3) is 0.0204. The van der Waals surface area contributed by atoms with Crippen molar-refractivity contribution >= 4 is 73.4 Å². The predicted molar refractivity (Wildman–Crippen MR) is 233 cm³/mol. The van der Waals surface area contributed by atoms with Crippen LogP contribution in [0.15, 0.2) is 198 Å². The van der Waals surface area contributed by atoms with E-state index < -0.39 is 8.07 Å². The van der Waals surface area contributed by atoms with Crippen molar-refractivity contribution < 1.29 is 4.74 Å². The number of benzene rings is 7. The molecule has 0 spiro atoms. The van der Waals surface area contributed by atoms with Crippen LogP contribution in [-0.2, 0) is 7.05 Å². The summed E-state index contributed by atoms with van der Waals surface area (Å²) >= 11 is 1.88. The number of ether oxygens (including phenoxy) is 1.